The summed E-state index contributed by atoms with van der Waals surface area (Å²) in [7, 11) is -13.1. The molecule has 1 aromatic heterocycles. The Hall–Kier alpha value is -3.24. The molecule has 1 aliphatic carbocycles. The Bertz CT molecular complexity index is 1800. The molecule has 0 aliphatic heterocycles. The Morgan fingerprint density at radius 3 is 2.35 bits per heavy atom. The highest BCUT2D eigenvalue weighted by Crippen LogP contribution is 2.41. The molecule has 0 saturated heterocycles. The van der Waals surface area contributed by atoms with Crippen molar-refractivity contribution in [3.8, 4) is 5.75 Å². The van der Waals surface area contributed by atoms with Crippen LogP contribution in [0, 0.1) is 18.6 Å². The number of aromatic nitrogens is 1. The summed E-state index contributed by atoms with van der Waals surface area (Å²) in [6, 6.07) is 5.31. The number of nitrogens with one attached hydrogen (secondary N) is 1. The SMILES string of the molecule is [2H]C([2H])([2H])O[C@]1(C(F)F)CCc2c(S(=O)(=O)Nc3cc(F)c(OC([2H])(F)F)cc3F)cn(S(=O)(=O)c3ccc(C)cc3)c2C1. The van der Waals surface area contributed by atoms with Crippen molar-refractivity contribution in [3.05, 3.63) is 71.1 Å². The van der Waals surface area contributed by atoms with Gasteiger partial charge in [0.2, 0.25) is 0 Å². The number of sulfonamides is 1. The molecule has 16 heteroatoms. The van der Waals surface area contributed by atoms with Crippen LogP contribution < -0.4 is 9.46 Å². The van der Waals surface area contributed by atoms with Gasteiger partial charge in [-0.25, -0.2) is 38.4 Å². The lowest BCUT2D eigenvalue weighted by molar-refractivity contribution is -0.128. The van der Waals surface area contributed by atoms with Gasteiger partial charge in [-0.15, -0.1) is 0 Å². The van der Waals surface area contributed by atoms with E-state index in [-0.39, 0.29) is 17.7 Å². The number of fused-ring (bicyclic) bond motifs is 1. The van der Waals surface area contributed by atoms with E-state index < -0.39 is 104 Å². The maximum atomic E-state index is 14.7. The van der Waals surface area contributed by atoms with Crippen LogP contribution in [-0.2, 0) is 37.6 Å². The molecule has 1 N–H and O–H groups in total. The molecule has 0 fully saturated rings. The van der Waals surface area contributed by atoms with E-state index in [1.54, 1.807) is 11.6 Å². The summed E-state index contributed by atoms with van der Waals surface area (Å²) in [6.07, 6.45) is -5.41. The second kappa shape index (κ2) is 10.6. The molecule has 40 heavy (non-hydrogen) atoms. The molecule has 2 aromatic carbocycles. The second-order valence-electron chi connectivity index (χ2n) is 8.87. The van der Waals surface area contributed by atoms with E-state index in [1.807, 2.05) is 0 Å². The molecule has 0 amide bonds. The van der Waals surface area contributed by atoms with Crippen molar-refractivity contribution < 1.29 is 58.1 Å². The van der Waals surface area contributed by atoms with Crippen LogP contribution in [0.1, 0.15) is 28.7 Å². The largest absolute Gasteiger partial charge is 0.432 e. The van der Waals surface area contributed by atoms with E-state index >= 15 is 0 Å². The summed E-state index contributed by atoms with van der Waals surface area (Å²) in [5, 5.41) is 0. The fourth-order valence-electron chi connectivity index (χ4n) is 4.25. The van der Waals surface area contributed by atoms with Crippen LogP contribution in [0.15, 0.2) is 52.4 Å². The monoisotopic (exact) mass is 616 g/mol. The van der Waals surface area contributed by atoms with Crippen LogP contribution in [0.2, 0.25) is 0 Å². The third-order valence-electron chi connectivity index (χ3n) is 6.33. The van der Waals surface area contributed by atoms with Crippen LogP contribution in [0.25, 0.3) is 0 Å². The highest BCUT2D eigenvalue weighted by molar-refractivity contribution is 7.93. The first-order chi connectivity index (χ1) is 20.0. The predicted octanol–water partition coefficient (Wildman–Crippen LogP) is 4.85. The summed E-state index contributed by atoms with van der Waals surface area (Å²) >= 11 is 0. The lowest BCUT2D eigenvalue weighted by Crippen LogP contribution is -2.45. The van der Waals surface area contributed by atoms with Gasteiger partial charge in [0, 0.05) is 37.5 Å². The van der Waals surface area contributed by atoms with Crippen molar-refractivity contribution >= 4 is 25.7 Å². The van der Waals surface area contributed by atoms with Gasteiger partial charge in [0.25, 0.3) is 26.5 Å². The first kappa shape index (κ1) is 24.5. The average molecular weight is 617 g/mol. The smallest absolute Gasteiger partial charge is 0.387 e. The molecule has 0 radical (unpaired) electrons. The summed E-state index contributed by atoms with van der Waals surface area (Å²) in [5.41, 5.74) is -4.15. The minimum Gasteiger partial charge on any atom is -0.432 e. The maximum Gasteiger partial charge on any atom is 0.387 e. The minimum absolute atomic E-state index is 0.0429. The third-order valence-corrected chi connectivity index (χ3v) is 9.46. The number of hydrogen-bond donors (Lipinski definition) is 1. The molecule has 0 spiro atoms. The van der Waals surface area contributed by atoms with Crippen molar-refractivity contribution in [1.29, 1.82) is 0 Å². The van der Waals surface area contributed by atoms with Gasteiger partial charge in [-0.3, -0.25) is 4.72 Å². The maximum absolute atomic E-state index is 14.7. The van der Waals surface area contributed by atoms with Gasteiger partial charge in [-0.05, 0) is 37.5 Å². The highest BCUT2D eigenvalue weighted by Gasteiger charge is 2.47. The average Bonchev–Trinajstić information content (AvgIpc) is 3.25. The summed E-state index contributed by atoms with van der Waals surface area (Å²) < 4.78 is 176. The number of rotatable bonds is 9. The topological polar surface area (TPSA) is 104 Å². The Labute approximate surface area is 231 Å². The first-order valence-corrected chi connectivity index (χ1v) is 14.1. The molecule has 1 aliphatic rings. The zero-order valence-electron chi connectivity index (χ0n) is 24.2. The van der Waals surface area contributed by atoms with E-state index in [2.05, 4.69) is 4.74 Å². The lowest BCUT2D eigenvalue weighted by atomic mass is 9.84. The molecule has 0 unspecified atom stereocenters. The Balaban J connectivity index is 1.87. The number of benzene rings is 2. The summed E-state index contributed by atoms with van der Waals surface area (Å²) in [6.45, 7) is -3.01. The molecular weight excluding hydrogens is 590 g/mol. The number of halogens is 6. The van der Waals surface area contributed by atoms with Crippen LogP contribution >= 0.6 is 0 Å². The Morgan fingerprint density at radius 1 is 1.07 bits per heavy atom. The second-order valence-corrected chi connectivity index (χ2v) is 12.3. The van der Waals surface area contributed by atoms with Crippen molar-refractivity contribution in [2.45, 2.75) is 54.6 Å². The van der Waals surface area contributed by atoms with Gasteiger partial charge in [0.05, 0.1) is 14.7 Å². The van der Waals surface area contributed by atoms with Crippen LogP contribution in [0.5, 0.6) is 5.75 Å². The molecule has 1 atom stereocenters. The molecule has 0 saturated carbocycles. The van der Waals surface area contributed by atoms with Gasteiger partial charge in [0.15, 0.2) is 18.8 Å². The Kier molecular flexibility index (Phi) is 6.52. The summed E-state index contributed by atoms with van der Waals surface area (Å²) in [4.78, 5) is -1.25. The van der Waals surface area contributed by atoms with Crippen molar-refractivity contribution in [2.24, 2.45) is 0 Å². The van der Waals surface area contributed by atoms with Gasteiger partial charge in [0.1, 0.15) is 10.5 Å². The van der Waals surface area contributed by atoms with Gasteiger partial charge >= 0.3 is 6.59 Å². The van der Waals surface area contributed by atoms with Crippen LogP contribution in [-0.4, -0.2) is 46.5 Å². The van der Waals surface area contributed by atoms with E-state index in [9.17, 15) is 43.2 Å². The number of alkyl halides is 4. The van der Waals surface area contributed by atoms with Gasteiger partial charge < -0.3 is 9.47 Å². The number of aryl methyl sites for hydroxylation is 1. The summed E-state index contributed by atoms with van der Waals surface area (Å²) in [5.74, 6) is -4.74. The standard InChI is InChI=1S/C24H22F6N2O6S2/c1-13-3-5-14(6-4-13)40(35,36)32-12-21(15-7-8-24(37-2,22(27)28)11-19(15)32)39(33,34)31-18-9-17(26)20(10-16(18)25)38-23(29)30/h3-6,9-10,12,22-23,31H,7-8,11H2,1-2H3/t24-/m1/s1/i2D3,23D. The van der Waals surface area contributed by atoms with E-state index in [1.165, 1.54) is 12.1 Å². The zero-order chi connectivity index (χ0) is 33.0. The molecule has 4 rings (SSSR count). The fourth-order valence-corrected chi connectivity index (χ4v) is 7.08. The highest BCUT2D eigenvalue weighted by atomic mass is 32.2. The normalized spacial score (nSPS) is 19.8. The number of methoxy groups -OCH3 is 1. The van der Waals surface area contributed by atoms with Crippen LogP contribution in [0.3, 0.4) is 0 Å². The molecule has 8 nitrogen and oxygen atoms in total. The third kappa shape index (κ3) is 5.39. The number of ether oxygens (including phenoxy) is 2. The van der Waals surface area contributed by atoms with Crippen molar-refractivity contribution in [3.63, 3.8) is 0 Å². The molecule has 3 aromatic rings. The van der Waals surface area contributed by atoms with Gasteiger partial charge in [-0.1, -0.05) is 17.7 Å². The van der Waals surface area contributed by atoms with E-state index in [0.29, 0.717) is 15.7 Å². The molecular formula is C24H22F6N2O6S2. The van der Waals surface area contributed by atoms with Crippen LogP contribution in [0.4, 0.5) is 32.0 Å². The molecule has 0 bridgehead atoms. The minimum atomic E-state index is -5.07. The first-order valence-electron chi connectivity index (χ1n) is 13.2. The molecule has 1 heterocycles. The zero-order valence-corrected chi connectivity index (χ0v) is 21.9. The fraction of sp³-hybridized carbons (Fsp3) is 0.333. The van der Waals surface area contributed by atoms with Gasteiger partial charge in [-0.2, -0.15) is 8.78 Å². The van der Waals surface area contributed by atoms with E-state index in [0.717, 1.165) is 12.1 Å². The molecule has 218 valence electrons. The Morgan fingerprint density at radius 2 is 1.75 bits per heavy atom. The number of hydrogen-bond acceptors (Lipinski definition) is 6. The van der Waals surface area contributed by atoms with E-state index in [4.69, 9.17) is 10.2 Å². The number of anilines is 1. The van der Waals surface area contributed by atoms with Crippen molar-refractivity contribution in [1.82, 2.24) is 3.97 Å². The van der Waals surface area contributed by atoms with Crippen molar-refractivity contribution in [2.75, 3.05) is 11.8 Å². The lowest BCUT2D eigenvalue weighted by Gasteiger charge is -2.35. The quantitative estimate of drug-likeness (QED) is 0.345. The predicted molar refractivity (Wildman–Crippen MR) is 130 cm³/mol. The number of nitrogens with zero attached hydrogens (tertiary/aromatic N) is 1.